The Morgan fingerprint density at radius 1 is 1.18 bits per heavy atom. The number of piperazine rings is 1. The summed E-state index contributed by atoms with van der Waals surface area (Å²) in [5.74, 6) is 0. The summed E-state index contributed by atoms with van der Waals surface area (Å²) < 4.78 is 11.2. The number of hydrogen-bond acceptors (Lipinski definition) is 5. The van der Waals surface area contributed by atoms with Crippen LogP contribution in [0.1, 0.15) is 47.0 Å². The van der Waals surface area contributed by atoms with Crippen molar-refractivity contribution in [3.8, 4) is 0 Å². The minimum absolute atomic E-state index is 0.0605. The van der Waals surface area contributed by atoms with E-state index in [-0.39, 0.29) is 30.3 Å². The van der Waals surface area contributed by atoms with Crippen LogP contribution in [0.15, 0.2) is 0 Å². The van der Waals surface area contributed by atoms with Gasteiger partial charge in [-0.05, 0) is 53.0 Å². The molecule has 2 fully saturated rings. The number of hydrogen-bond donors (Lipinski definition) is 1. The Morgan fingerprint density at radius 3 is 2.36 bits per heavy atom. The zero-order valence-corrected chi connectivity index (χ0v) is 19.5. The number of aliphatic hydroxyl groups excluding tert-OH is 1. The lowest BCUT2D eigenvalue weighted by molar-refractivity contribution is -0.0296. The van der Waals surface area contributed by atoms with Gasteiger partial charge >= 0.3 is 12.2 Å². The van der Waals surface area contributed by atoms with Crippen LogP contribution in [0.3, 0.4) is 0 Å². The standard InChI is InChI=1S/C20H38N2O5Si/c1-14(23)12-17-16-9-8-15(22(16)19(25)27-20(2,3)4)13-21(17)18(24)26-10-11-28(5,6)7/h14-17,23H,8-13H2,1-7H3/t14?,15-,16+,17-/m1/s1. The van der Waals surface area contributed by atoms with Crippen molar-refractivity contribution in [2.45, 2.75) is 102 Å². The quantitative estimate of drug-likeness (QED) is 0.694. The molecule has 0 radical (unpaired) electrons. The summed E-state index contributed by atoms with van der Waals surface area (Å²) in [6, 6.07) is 0.456. The fourth-order valence-electron chi connectivity index (χ4n) is 4.01. The first-order chi connectivity index (χ1) is 12.8. The molecule has 0 aromatic heterocycles. The number of amides is 2. The van der Waals surface area contributed by atoms with E-state index in [1.54, 1.807) is 16.7 Å². The molecule has 2 saturated heterocycles. The molecule has 28 heavy (non-hydrogen) atoms. The number of aliphatic hydroxyl groups is 1. The van der Waals surface area contributed by atoms with Gasteiger partial charge in [-0.3, -0.25) is 4.90 Å². The highest BCUT2D eigenvalue weighted by Gasteiger charge is 2.51. The zero-order valence-electron chi connectivity index (χ0n) is 18.5. The van der Waals surface area contributed by atoms with Gasteiger partial charge in [-0.1, -0.05) is 19.6 Å². The summed E-state index contributed by atoms with van der Waals surface area (Å²) in [4.78, 5) is 29.1. The summed E-state index contributed by atoms with van der Waals surface area (Å²) in [6.45, 7) is 14.9. The molecule has 2 amide bonds. The van der Waals surface area contributed by atoms with Crippen LogP contribution >= 0.6 is 0 Å². The highest BCUT2D eigenvalue weighted by atomic mass is 28.3. The summed E-state index contributed by atoms with van der Waals surface area (Å²) in [5, 5.41) is 10.0. The maximum atomic E-state index is 12.8. The van der Waals surface area contributed by atoms with Crippen LogP contribution in [0, 0.1) is 0 Å². The highest BCUT2D eigenvalue weighted by Crippen LogP contribution is 2.37. The van der Waals surface area contributed by atoms with E-state index in [4.69, 9.17) is 9.47 Å². The first-order valence-electron chi connectivity index (χ1n) is 10.4. The van der Waals surface area contributed by atoms with Crippen LogP contribution in [0.5, 0.6) is 0 Å². The van der Waals surface area contributed by atoms with E-state index in [2.05, 4.69) is 19.6 Å². The van der Waals surface area contributed by atoms with Crippen molar-refractivity contribution in [2.75, 3.05) is 13.2 Å². The Kier molecular flexibility index (Phi) is 7.07. The van der Waals surface area contributed by atoms with Crippen molar-refractivity contribution in [3.05, 3.63) is 0 Å². The van der Waals surface area contributed by atoms with E-state index < -0.39 is 19.8 Å². The van der Waals surface area contributed by atoms with Crippen LogP contribution < -0.4 is 0 Å². The Morgan fingerprint density at radius 2 is 1.82 bits per heavy atom. The molecule has 0 aromatic rings. The predicted molar refractivity (Wildman–Crippen MR) is 111 cm³/mol. The van der Waals surface area contributed by atoms with Gasteiger partial charge in [-0.15, -0.1) is 0 Å². The van der Waals surface area contributed by atoms with Gasteiger partial charge in [0.1, 0.15) is 5.60 Å². The van der Waals surface area contributed by atoms with Gasteiger partial charge in [-0.25, -0.2) is 9.59 Å². The smallest absolute Gasteiger partial charge is 0.410 e. The van der Waals surface area contributed by atoms with Gasteiger partial charge in [0.15, 0.2) is 0 Å². The largest absolute Gasteiger partial charge is 0.450 e. The fraction of sp³-hybridized carbons (Fsp3) is 0.900. The zero-order chi connectivity index (χ0) is 21.3. The lowest BCUT2D eigenvalue weighted by atomic mass is 9.97. The van der Waals surface area contributed by atoms with E-state index in [1.807, 2.05) is 20.8 Å². The van der Waals surface area contributed by atoms with Crippen molar-refractivity contribution in [1.29, 1.82) is 0 Å². The van der Waals surface area contributed by atoms with Gasteiger partial charge in [0, 0.05) is 14.6 Å². The fourth-order valence-corrected chi connectivity index (χ4v) is 4.72. The molecule has 2 bridgehead atoms. The lowest BCUT2D eigenvalue weighted by Crippen LogP contribution is -2.63. The summed E-state index contributed by atoms with van der Waals surface area (Å²) in [7, 11) is -1.29. The molecule has 2 rings (SSSR count). The molecule has 2 aliphatic rings. The summed E-state index contributed by atoms with van der Waals surface area (Å²) in [6.07, 6.45) is 0.825. The second-order valence-corrected chi connectivity index (χ2v) is 16.0. The Balaban J connectivity index is 2.12. The van der Waals surface area contributed by atoms with Crippen LogP contribution in [-0.2, 0) is 9.47 Å². The second kappa shape index (κ2) is 8.61. The topological polar surface area (TPSA) is 79.3 Å². The van der Waals surface area contributed by atoms with Crippen molar-refractivity contribution in [1.82, 2.24) is 9.80 Å². The lowest BCUT2D eigenvalue weighted by Gasteiger charge is -2.46. The average Bonchev–Trinajstić information content (AvgIpc) is 2.83. The van der Waals surface area contributed by atoms with Crippen LogP contribution in [0.25, 0.3) is 0 Å². The molecule has 0 saturated carbocycles. The van der Waals surface area contributed by atoms with Crippen molar-refractivity contribution in [2.24, 2.45) is 0 Å². The van der Waals surface area contributed by atoms with Gasteiger partial charge in [0.2, 0.25) is 0 Å². The second-order valence-electron chi connectivity index (χ2n) is 10.4. The SMILES string of the molecule is CC(O)C[C@@H]1[C@@H]2CC[C@H](CN1C(=O)OCC[Si](C)(C)C)N2C(=O)OC(C)(C)C. The van der Waals surface area contributed by atoms with E-state index in [9.17, 15) is 14.7 Å². The van der Waals surface area contributed by atoms with Crippen LogP contribution in [0.2, 0.25) is 25.7 Å². The molecule has 0 aromatic carbocycles. The van der Waals surface area contributed by atoms with Crippen molar-refractivity contribution >= 4 is 20.3 Å². The van der Waals surface area contributed by atoms with Gasteiger partial charge in [0.25, 0.3) is 0 Å². The number of fused-ring (bicyclic) bond motifs is 2. The molecule has 0 spiro atoms. The summed E-state index contributed by atoms with van der Waals surface area (Å²) >= 11 is 0. The number of carbonyl (C=O) groups excluding carboxylic acids is 2. The monoisotopic (exact) mass is 414 g/mol. The number of ether oxygens (including phenoxy) is 2. The molecule has 2 aliphatic heterocycles. The molecule has 7 nitrogen and oxygen atoms in total. The maximum Gasteiger partial charge on any atom is 0.410 e. The van der Waals surface area contributed by atoms with Gasteiger partial charge < -0.3 is 19.5 Å². The molecule has 1 N–H and O–H groups in total. The highest BCUT2D eigenvalue weighted by molar-refractivity contribution is 6.76. The molecular formula is C20H38N2O5Si. The maximum absolute atomic E-state index is 12.8. The Labute approximate surface area is 170 Å². The normalized spacial score (nSPS) is 26.2. The molecule has 1 unspecified atom stereocenters. The number of likely N-dealkylation sites (tertiary alicyclic amines) is 1. The predicted octanol–water partition coefficient (Wildman–Crippen LogP) is 3.68. The summed E-state index contributed by atoms with van der Waals surface area (Å²) in [5.41, 5.74) is -0.566. The van der Waals surface area contributed by atoms with E-state index in [0.717, 1.165) is 18.9 Å². The molecule has 4 atom stereocenters. The first-order valence-corrected chi connectivity index (χ1v) is 14.1. The van der Waals surface area contributed by atoms with Crippen molar-refractivity contribution < 1.29 is 24.2 Å². The first kappa shape index (κ1) is 23.0. The molecule has 0 aliphatic carbocycles. The number of rotatable bonds is 5. The minimum Gasteiger partial charge on any atom is -0.450 e. The molecular weight excluding hydrogens is 376 g/mol. The minimum atomic E-state index is -1.29. The Hall–Kier alpha value is -1.28. The third-order valence-electron chi connectivity index (χ3n) is 5.30. The van der Waals surface area contributed by atoms with Gasteiger partial charge in [-0.2, -0.15) is 0 Å². The third-order valence-corrected chi connectivity index (χ3v) is 7.00. The number of carbonyl (C=O) groups is 2. The van der Waals surface area contributed by atoms with E-state index in [0.29, 0.717) is 19.6 Å². The Bertz CT molecular complexity index is 570. The van der Waals surface area contributed by atoms with E-state index in [1.165, 1.54) is 0 Å². The van der Waals surface area contributed by atoms with Gasteiger partial charge in [0.05, 0.1) is 30.8 Å². The van der Waals surface area contributed by atoms with Crippen LogP contribution in [-0.4, -0.2) is 78.1 Å². The molecule has 8 heteroatoms. The van der Waals surface area contributed by atoms with E-state index >= 15 is 0 Å². The molecule has 162 valence electrons. The average molecular weight is 415 g/mol. The van der Waals surface area contributed by atoms with Crippen LogP contribution in [0.4, 0.5) is 9.59 Å². The number of nitrogens with zero attached hydrogens (tertiary/aromatic N) is 2. The third kappa shape index (κ3) is 6.11. The molecule has 2 heterocycles. The van der Waals surface area contributed by atoms with Crippen molar-refractivity contribution in [3.63, 3.8) is 0 Å².